The minimum atomic E-state index is -1.04. The van der Waals surface area contributed by atoms with Crippen molar-refractivity contribution in [3.05, 3.63) is 87.9 Å². The van der Waals surface area contributed by atoms with E-state index in [0.29, 0.717) is 55.6 Å². The third kappa shape index (κ3) is 5.83. The summed E-state index contributed by atoms with van der Waals surface area (Å²) in [5.41, 5.74) is 2.58. The molecule has 3 aromatic carbocycles. The number of ether oxygens (including phenoxy) is 2. The van der Waals surface area contributed by atoms with E-state index in [4.69, 9.17) is 9.47 Å². The molecule has 35 heavy (non-hydrogen) atoms. The molecule has 0 saturated carbocycles. The molecule has 1 aliphatic rings. The Hall–Kier alpha value is -3.36. The highest BCUT2D eigenvalue weighted by atomic mass is 79.9. The highest BCUT2D eigenvalue weighted by Gasteiger charge is 2.24. The monoisotopic (exact) mass is 538 g/mol. The van der Waals surface area contributed by atoms with Crippen molar-refractivity contribution < 1.29 is 24.2 Å². The number of carboxylic acid groups (broad SMARTS) is 1. The van der Waals surface area contributed by atoms with Crippen molar-refractivity contribution in [3.63, 3.8) is 0 Å². The number of hydrogen-bond donors (Lipinski definition) is 1. The van der Waals surface area contributed by atoms with Gasteiger partial charge >= 0.3 is 5.97 Å². The lowest BCUT2D eigenvalue weighted by molar-refractivity contribution is 0.0696. The van der Waals surface area contributed by atoms with Gasteiger partial charge in [-0.05, 0) is 55.5 Å². The molecule has 1 saturated heterocycles. The van der Waals surface area contributed by atoms with E-state index in [1.54, 1.807) is 47.4 Å². The Kier molecular flexibility index (Phi) is 8.05. The van der Waals surface area contributed by atoms with Crippen LogP contribution in [0.25, 0.3) is 0 Å². The van der Waals surface area contributed by atoms with Gasteiger partial charge in [0.2, 0.25) is 0 Å². The molecule has 1 fully saturated rings. The lowest BCUT2D eigenvalue weighted by atomic mass is 10.1. The second kappa shape index (κ2) is 11.4. The van der Waals surface area contributed by atoms with Crippen molar-refractivity contribution in [2.45, 2.75) is 13.5 Å². The summed E-state index contributed by atoms with van der Waals surface area (Å²) in [5, 5.41) is 10.0. The van der Waals surface area contributed by atoms with Gasteiger partial charge in [0.05, 0.1) is 37.6 Å². The molecule has 1 aliphatic heterocycles. The van der Waals surface area contributed by atoms with Crippen molar-refractivity contribution >= 4 is 39.2 Å². The Morgan fingerprint density at radius 3 is 2.49 bits per heavy atom. The van der Waals surface area contributed by atoms with E-state index in [0.717, 1.165) is 10.0 Å². The Balaban J connectivity index is 1.78. The van der Waals surface area contributed by atoms with Crippen LogP contribution in [0, 0.1) is 0 Å². The Labute approximate surface area is 213 Å². The average molecular weight is 539 g/mol. The summed E-state index contributed by atoms with van der Waals surface area (Å²) in [6, 6.07) is 19.8. The third-order valence-corrected chi connectivity index (χ3v) is 6.28. The summed E-state index contributed by atoms with van der Waals surface area (Å²) >= 11 is 3.51. The van der Waals surface area contributed by atoms with Gasteiger partial charge < -0.3 is 24.4 Å². The first-order valence-electron chi connectivity index (χ1n) is 11.5. The molecular weight excluding hydrogens is 512 g/mol. The largest absolute Gasteiger partial charge is 0.494 e. The predicted octanol–water partition coefficient (Wildman–Crippen LogP) is 5.23. The molecule has 0 bridgehead atoms. The van der Waals surface area contributed by atoms with E-state index < -0.39 is 5.97 Å². The van der Waals surface area contributed by atoms with Crippen LogP contribution in [0.3, 0.4) is 0 Å². The first-order chi connectivity index (χ1) is 17.0. The first kappa shape index (κ1) is 24.8. The van der Waals surface area contributed by atoms with Crippen LogP contribution < -0.4 is 14.5 Å². The number of carbonyl (C=O) groups excluding carboxylic acids is 1. The summed E-state index contributed by atoms with van der Waals surface area (Å²) in [4.78, 5) is 29.5. The molecule has 1 heterocycles. The fourth-order valence-corrected chi connectivity index (χ4v) is 4.51. The third-order valence-electron chi connectivity index (χ3n) is 5.79. The number of nitrogens with zero attached hydrogens (tertiary/aromatic N) is 2. The minimum absolute atomic E-state index is 0.148. The standard InChI is InChI=1S/C27H27BrN2O5/c1-2-35-25-11-8-21(28)16-20(25)18-30(26(31)19-6-4-3-5-7-19)22-9-10-24(23(17-22)27(32)33)29-12-14-34-15-13-29/h3-11,16-17H,2,12-15,18H2,1H3,(H,32,33). The number of halogens is 1. The van der Waals surface area contributed by atoms with Gasteiger partial charge in [-0.3, -0.25) is 4.79 Å². The van der Waals surface area contributed by atoms with Crippen LogP contribution in [-0.4, -0.2) is 49.9 Å². The number of amides is 1. The number of benzene rings is 3. The normalized spacial score (nSPS) is 13.4. The van der Waals surface area contributed by atoms with Crippen LogP contribution in [0.1, 0.15) is 33.2 Å². The second-order valence-electron chi connectivity index (χ2n) is 8.05. The molecule has 7 nitrogen and oxygen atoms in total. The molecule has 182 valence electrons. The second-order valence-corrected chi connectivity index (χ2v) is 8.96. The fraction of sp³-hybridized carbons (Fsp3) is 0.259. The van der Waals surface area contributed by atoms with E-state index in [9.17, 15) is 14.7 Å². The molecule has 3 aromatic rings. The van der Waals surface area contributed by atoms with Crippen LogP contribution in [0.5, 0.6) is 5.75 Å². The minimum Gasteiger partial charge on any atom is -0.494 e. The quantitative estimate of drug-likeness (QED) is 0.423. The fourth-order valence-electron chi connectivity index (χ4n) is 4.10. The topological polar surface area (TPSA) is 79.3 Å². The van der Waals surface area contributed by atoms with E-state index in [1.807, 2.05) is 36.1 Å². The van der Waals surface area contributed by atoms with Gasteiger partial charge in [-0.15, -0.1) is 0 Å². The van der Waals surface area contributed by atoms with Crippen LogP contribution in [0.4, 0.5) is 11.4 Å². The first-order valence-corrected chi connectivity index (χ1v) is 12.3. The number of aromatic carboxylic acids is 1. The highest BCUT2D eigenvalue weighted by Crippen LogP contribution is 2.31. The SMILES string of the molecule is CCOc1ccc(Br)cc1CN(C(=O)c1ccccc1)c1ccc(N2CCOCC2)c(C(=O)O)c1. The van der Waals surface area contributed by atoms with Crippen LogP contribution in [0.15, 0.2) is 71.2 Å². The molecule has 4 rings (SSSR count). The molecule has 1 amide bonds. The zero-order valence-corrected chi connectivity index (χ0v) is 21.0. The van der Waals surface area contributed by atoms with Crippen molar-refractivity contribution in [1.82, 2.24) is 0 Å². The van der Waals surface area contributed by atoms with E-state index >= 15 is 0 Å². The van der Waals surface area contributed by atoms with Gasteiger partial charge in [0.25, 0.3) is 5.91 Å². The lowest BCUT2D eigenvalue weighted by Crippen LogP contribution is -2.37. The number of hydrogen-bond acceptors (Lipinski definition) is 5. The van der Waals surface area contributed by atoms with Gasteiger partial charge in [-0.2, -0.15) is 0 Å². The maximum Gasteiger partial charge on any atom is 0.337 e. The zero-order chi connectivity index (χ0) is 24.8. The molecule has 8 heteroatoms. The number of carboxylic acids is 1. The van der Waals surface area contributed by atoms with Gasteiger partial charge in [0.15, 0.2) is 0 Å². The number of rotatable bonds is 8. The number of morpholine rings is 1. The van der Waals surface area contributed by atoms with Crippen molar-refractivity contribution in [2.75, 3.05) is 42.7 Å². The molecule has 0 radical (unpaired) electrons. The molecule has 0 aliphatic carbocycles. The number of anilines is 2. The van der Waals surface area contributed by atoms with Crippen LogP contribution in [0.2, 0.25) is 0 Å². The van der Waals surface area contributed by atoms with Gasteiger partial charge in [-0.25, -0.2) is 4.79 Å². The Morgan fingerprint density at radius 1 is 1.06 bits per heavy atom. The Bertz CT molecular complexity index is 1200. The lowest BCUT2D eigenvalue weighted by Gasteiger charge is -2.31. The summed E-state index contributed by atoms with van der Waals surface area (Å²) in [5.74, 6) is -0.605. The molecule has 0 aromatic heterocycles. The molecular formula is C27H27BrN2O5. The Morgan fingerprint density at radius 2 is 1.80 bits per heavy atom. The molecule has 0 atom stereocenters. The van der Waals surface area contributed by atoms with Gasteiger partial charge in [0.1, 0.15) is 5.75 Å². The predicted molar refractivity (Wildman–Crippen MR) is 139 cm³/mol. The summed E-state index contributed by atoms with van der Waals surface area (Å²) in [7, 11) is 0. The molecule has 0 unspecified atom stereocenters. The van der Waals surface area contributed by atoms with E-state index in [-0.39, 0.29) is 18.0 Å². The summed E-state index contributed by atoms with van der Waals surface area (Å²) in [6.07, 6.45) is 0. The molecule has 1 N–H and O–H groups in total. The maximum absolute atomic E-state index is 13.7. The summed E-state index contributed by atoms with van der Waals surface area (Å²) in [6.45, 7) is 4.91. The van der Waals surface area contributed by atoms with Gasteiger partial charge in [-0.1, -0.05) is 34.1 Å². The smallest absolute Gasteiger partial charge is 0.337 e. The highest BCUT2D eigenvalue weighted by molar-refractivity contribution is 9.10. The summed E-state index contributed by atoms with van der Waals surface area (Å²) < 4.78 is 12.1. The van der Waals surface area contributed by atoms with E-state index in [2.05, 4.69) is 15.9 Å². The number of carbonyl (C=O) groups is 2. The maximum atomic E-state index is 13.7. The average Bonchev–Trinajstić information content (AvgIpc) is 2.89. The van der Waals surface area contributed by atoms with E-state index in [1.165, 1.54) is 0 Å². The zero-order valence-electron chi connectivity index (χ0n) is 19.4. The molecule has 0 spiro atoms. The van der Waals surface area contributed by atoms with Crippen molar-refractivity contribution in [1.29, 1.82) is 0 Å². The van der Waals surface area contributed by atoms with Gasteiger partial charge in [0, 0.05) is 34.4 Å². The van der Waals surface area contributed by atoms with Crippen molar-refractivity contribution in [2.24, 2.45) is 0 Å². The van der Waals surface area contributed by atoms with Crippen LogP contribution >= 0.6 is 15.9 Å². The van der Waals surface area contributed by atoms with Crippen molar-refractivity contribution in [3.8, 4) is 5.75 Å². The van der Waals surface area contributed by atoms with Crippen LogP contribution in [-0.2, 0) is 11.3 Å².